The fraction of sp³-hybridized carbons (Fsp3) is 0.263. The summed E-state index contributed by atoms with van der Waals surface area (Å²) in [6.07, 6.45) is 2.27. The minimum Gasteiger partial charge on any atom is -0.310 e. The van der Waals surface area contributed by atoms with Gasteiger partial charge in [0, 0.05) is 6.04 Å². The van der Waals surface area contributed by atoms with Gasteiger partial charge in [-0.25, -0.2) is 0 Å². The second-order valence-electron chi connectivity index (χ2n) is 5.39. The van der Waals surface area contributed by atoms with Gasteiger partial charge >= 0.3 is 0 Å². The first kappa shape index (κ1) is 14.3. The summed E-state index contributed by atoms with van der Waals surface area (Å²) in [4.78, 5) is 0. The van der Waals surface area contributed by atoms with Gasteiger partial charge in [-0.15, -0.1) is 0 Å². The van der Waals surface area contributed by atoms with E-state index in [4.69, 9.17) is 0 Å². The molecule has 1 aromatic heterocycles. The van der Waals surface area contributed by atoms with Gasteiger partial charge in [0.05, 0.1) is 0 Å². The van der Waals surface area contributed by atoms with Gasteiger partial charge in [0.15, 0.2) is 0 Å². The maximum absolute atomic E-state index is 3.63. The highest BCUT2D eigenvalue weighted by atomic mass is 32.1. The number of fused-ring (bicyclic) bond motifs is 1. The number of thiophene rings is 1. The predicted octanol–water partition coefficient (Wildman–Crippen LogP) is 5.18. The lowest BCUT2D eigenvalue weighted by Gasteiger charge is -2.19. The molecule has 3 rings (SSSR count). The Morgan fingerprint density at radius 2 is 1.90 bits per heavy atom. The summed E-state index contributed by atoms with van der Waals surface area (Å²) in [5.74, 6) is 0. The van der Waals surface area contributed by atoms with Crippen LogP contribution >= 0.6 is 11.3 Å². The minimum absolute atomic E-state index is 0.430. The third kappa shape index (κ3) is 3.52. The van der Waals surface area contributed by atoms with E-state index >= 15 is 0 Å². The molecule has 1 nitrogen and oxygen atoms in total. The first-order valence-electron chi connectivity index (χ1n) is 7.60. The Hall–Kier alpha value is -1.64. The summed E-state index contributed by atoms with van der Waals surface area (Å²) in [6.45, 7) is 3.18. The Kier molecular flexibility index (Phi) is 4.69. The summed E-state index contributed by atoms with van der Waals surface area (Å²) < 4.78 is 0. The van der Waals surface area contributed by atoms with Crippen molar-refractivity contribution in [3.8, 4) is 0 Å². The van der Waals surface area contributed by atoms with Gasteiger partial charge in [0.25, 0.3) is 0 Å². The zero-order valence-electron chi connectivity index (χ0n) is 12.4. The number of hydrogen-bond acceptors (Lipinski definition) is 2. The SMILES string of the molecule is CCNC(CCc1ccsc1)c1ccc2ccccc2c1. The van der Waals surface area contributed by atoms with Gasteiger partial charge in [0.1, 0.15) is 0 Å². The van der Waals surface area contributed by atoms with Crippen molar-refractivity contribution >= 4 is 22.1 Å². The van der Waals surface area contributed by atoms with E-state index in [2.05, 4.69) is 71.5 Å². The van der Waals surface area contributed by atoms with E-state index in [9.17, 15) is 0 Å². The summed E-state index contributed by atoms with van der Waals surface area (Å²) in [6, 6.07) is 18.1. The van der Waals surface area contributed by atoms with Crippen molar-refractivity contribution in [2.45, 2.75) is 25.8 Å². The molecule has 0 saturated carbocycles. The maximum Gasteiger partial charge on any atom is 0.0323 e. The number of hydrogen-bond donors (Lipinski definition) is 1. The van der Waals surface area contributed by atoms with Gasteiger partial charge in [-0.3, -0.25) is 0 Å². The van der Waals surface area contributed by atoms with Crippen LogP contribution in [-0.2, 0) is 6.42 Å². The molecule has 0 aliphatic rings. The maximum atomic E-state index is 3.63. The van der Waals surface area contributed by atoms with Gasteiger partial charge in [-0.05, 0) is 64.2 Å². The molecule has 0 saturated heterocycles. The Labute approximate surface area is 130 Å². The fourth-order valence-corrected chi connectivity index (χ4v) is 3.51. The molecular weight excluding hydrogens is 274 g/mol. The van der Waals surface area contributed by atoms with E-state index in [1.807, 2.05) is 0 Å². The molecule has 1 N–H and O–H groups in total. The molecule has 1 unspecified atom stereocenters. The van der Waals surface area contributed by atoms with E-state index in [1.54, 1.807) is 11.3 Å². The van der Waals surface area contributed by atoms with Crippen molar-refractivity contribution in [3.63, 3.8) is 0 Å². The number of rotatable bonds is 6. The van der Waals surface area contributed by atoms with E-state index in [0.717, 1.165) is 19.4 Å². The molecule has 21 heavy (non-hydrogen) atoms. The monoisotopic (exact) mass is 295 g/mol. The molecule has 0 aliphatic carbocycles. The van der Waals surface area contributed by atoms with Crippen molar-refractivity contribution in [3.05, 3.63) is 70.4 Å². The zero-order chi connectivity index (χ0) is 14.5. The fourth-order valence-electron chi connectivity index (χ4n) is 2.80. The van der Waals surface area contributed by atoms with Crippen LogP contribution in [0.3, 0.4) is 0 Å². The van der Waals surface area contributed by atoms with Crippen LogP contribution in [-0.4, -0.2) is 6.54 Å². The summed E-state index contributed by atoms with van der Waals surface area (Å²) in [7, 11) is 0. The summed E-state index contributed by atoms with van der Waals surface area (Å²) in [5.41, 5.74) is 2.84. The average Bonchev–Trinajstić information content (AvgIpc) is 3.04. The third-order valence-corrected chi connectivity index (χ3v) is 4.66. The highest BCUT2D eigenvalue weighted by molar-refractivity contribution is 7.07. The van der Waals surface area contributed by atoms with E-state index in [-0.39, 0.29) is 0 Å². The molecule has 2 heteroatoms. The van der Waals surface area contributed by atoms with Crippen molar-refractivity contribution in [2.24, 2.45) is 0 Å². The molecule has 0 aliphatic heterocycles. The van der Waals surface area contributed by atoms with Gasteiger partial charge < -0.3 is 5.32 Å². The third-order valence-electron chi connectivity index (χ3n) is 3.93. The second kappa shape index (κ2) is 6.88. The van der Waals surface area contributed by atoms with Gasteiger partial charge in [0.2, 0.25) is 0 Å². The molecule has 1 heterocycles. The second-order valence-corrected chi connectivity index (χ2v) is 6.17. The molecule has 0 amide bonds. The lowest BCUT2D eigenvalue weighted by atomic mass is 9.97. The highest BCUT2D eigenvalue weighted by Crippen LogP contribution is 2.24. The van der Waals surface area contributed by atoms with Crippen LogP contribution in [0.5, 0.6) is 0 Å². The largest absolute Gasteiger partial charge is 0.310 e. The first-order valence-corrected chi connectivity index (χ1v) is 8.54. The molecule has 108 valence electrons. The van der Waals surface area contributed by atoms with Crippen LogP contribution in [0.25, 0.3) is 10.8 Å². The van der Waals surface area contributed by atoms with E-state index in [0.29, 0.717) is 6.04 Å². The molecular formula is C19H21NS. The summed E-state index contributed by atoms with van der Waals surface area (Å²) >= 11 is 1.78. The van der Waals surface area contributed by atoms with Crippen LogP contribution < -0.4 is 5.32 Å². The van der Waals surface area contributed by atoms with Crippen LogP contribution in [0.2, 0.25) is 0 Å². The first-order chi connectivity index (χ1) is 10.4. The van der Waals surface area contributed by atoms with E-state index in [1.165, 1.54) is 21.9 Å². The Morgan fingerprint density at radius 3 is 2.67 bits per heavy atom. The summed E-state index contributed by atoms with van der Waals surface area (Å²) in [5, 5.41) is 10.7. The molecule has 3 aromatic rings. The van der Waals surface area contributed by atoms with Crippen molar-refractivity contribution in [1.29, 1.82) is 0 Å². The van der Waals surface area contributed by atoms with Crippen LogP contribution in [0.1, 0.15) is 30.5 Å². The predicted molar refractivity (Wildman–Crippen MR) is 93.0 cm³/mol. The number of nitrogens with one attached hydrogen (secondary N) is 1. The average molecular weight is 295 g/mol. The Bertz CT molecular complexity index is 688. The van der Waals surface area contributed by atoms with Crippen molar-refractivity contribution < 1.29 is 0 Å². The molecule has 0 fully saturated rings. The normalized spacial score (nSPS) is 12.6. The standard InChI is InChI=1S/C19H21NS/c1-2-20-19(10-7-15-11-12-21-14-15)18-9-8-16-5-3-4-6-17(16)13-18/h3-6,8-9,11-14,19-20H,2,7,10H2,1H3. The molecule has 0 spiro atoms. The lowest BCUT2D eigenvalue weighted by molar-refractivity contribution is 0.516. The number of benzene rings is 2. The molecule has 2 aromatic carbocycles. The van der Waals surface area contributed by atoms with Gasteiger partial charge in [-0.2, -0.15) is 11.3 Å². The smallest absolute Gasteiger partial charge is 0.0323 e. The van der Waals surface area contributed by atoms with Crippen molar-refractivity contribution in [1.82, 2.24) is 5.32 Å². The highest BCUT2D eigenvalue weighted by Gasteiger charge is 2.11. The van der Waals surface area contributed by atoms with Crippen LogP contribution in [0.15, 0.2) is 59.3 Å². The molecule has 0 bridgehead atoms. The zero-order valence-corrected chi connectivity index (χ0v) is 13.2. The number of aryl methyl sites for hydroxylation is 1. The van der Waals surface area contributed by atoms with Crippen molar-refractivity contribution in [2.75, 3.05) is 6.54 Å². The molecule has 1 atom stereocenters. The topological polar surface area (TPSA) is 12.0 Å². The van der Waals surface area contributed by atoms with E-state index < -0.39 is 0 Å². The Morgan fingerprint density at radius 1 is 1.05 bits per heavy atom. The quantitative estimate of drug-likeness (QED) is 0.660. The lowest BCUT2D eigenvalue weighted by Crippen LogP contribution is -2.21. The minimum atomic E-state index is 0.430. The van der Waals surface area contributed by atoms with Crippen LogP contribution in [0, 0.1) is 0 Å². The van der Waals surface area contributed by atoms with Crippen LogP contribution in [0.4, 0.5) is 0 Å². The molecule has 0 radical (unpaired) electrons. The van der Waals surface area contributed by atoms with Gasteiger partial charge in [-0.1, -0.05) is 43.3 Å². The Balaban J connectivity index is 1.80.